The van der Waals surface area contributed by atoms with Crippen molar-refractivity contribution in [2.75, 3.05) is 7.11 Å². The number of methoxy groups -OCH3 is 1. The molecule has 0 saturated carbocycles. The number of hydrogen-bond donors (Lipinski definition) is 0. The Kier molecular flexibility index (Phi) is 3.99. The second-order valence-corrected chi connectivity index (χ2v) is 3.77. The van der Waals surface area contributed by atoms with Crippen LogP contribution in [-0.4, -0.2) is 12.1 Å². The summed E-state index contributed by atoms with van der Waals surface area (Å²) in [5.41, 5.74) is 0.357. The molecule has 0 aliphatic heterocycles. The van der Waals surface area contributed by atoms with E-state index >= 15 is 0 Å². The van der Waals surface area contributed by atoms with Gasteiger partial charge in [-0.05, 0) is 30.3 Å². The first-order chi connectivity index (χ1) is 8.74. The predicted octanol–water partition coefficient (Wildman–Crippen LogP) is 3.76. The van der Waals surface area contributed by atoms with E-state index < -0.39 is 5.82 Å². The average Bonchev–Trinajstić information content (AvgIpc) is 2.42. The van der Waals surface area contributed by atoms with Crippen LogP contribution >= 0.6 is 11.6 Å². The molecule has 3 nitrogen and oxygen atoms in total. The number of ether oxygens (including phenoxy) is 2. The third-order valence-corrected chi connectivity index (χ3v) is 2.64. The van der Waals surface area contributed by atoms with Crippen molar-refractivity contribution in [3.8, 4) is 17.4 Å². The van der Waals surface area contributed by atoms with Crippen LogP contribution in [0.5, 0.6) is 17.4 Å². The molecule has 0 aliphatic rings. The van der Waals surface area contributed by atoms with Crippen molar-refractivity contribution in [3.05, 3.63) is 47.9 Å². The number of alkyl halides is 1. The fourth-order valence-corrected chi connectivity index (χ4v) is 1.60. The zero-order valence-electron chi connectivity index (χ0n) is 9.69. The van der Waals surface area contributed by atoms with Crippen LogP contribution in [-0.2, 0) is 5.88 Å². The smallest absolute Gasteiger partial charge is 0.256 e. The molecule has 0 bridgehead atoms. The molecule has 0 spiro atoms. The highest BCUT2D eigenvalue weighted by Gasteiger charge is 2.10. The molecule has 0 atom stereocenters. The summed E-state index contributed by atoms with van der Waals surface area (Å²) in [6, 6.07) is 8.31. The van der Waals surface area contributed by atoms with Crippen molar-refractivity contribution < 1.29 is 13.9 Å². The van der Waals surface area contributed by atoms with E-state index in [4.69, 9.17) is 21.1 Å². The Morgan fingerprint density at radius 1 is 1.17 bits per heavy atom. The zero-order chi connectivity index (χ0) is 13.0. The molecular weight excluding hydrogens is 257 g/mol. The van der Waals surface area contributed by atoms with Crippen LogP contribution in [0, 0.1) is 5.82 Å². The van der Waals surface area contributed by atoms with E-state index in [9.17, 15) is 4.39 Å². The largest absolute Gasteiger partial charge is 0.497 e. The Morgan fingerprint density at radius 2 is 1.83 bits per heavy atom. The lowest BCUT2D eigenvalue weighted by molar-refractivity contribution is 0.407. The summed E-state index contributed by atoms with van der Waals surface area (Å²) in [5.74, 6) is 0.633. The van der Waals surface area contributed by atoms with Gasteiger partial charge in [0.1, 0.15) is 11.5 Å². The molecule has 18 heavy (non-hydrogen) atoms. The zero-order valence-corrected chi connectivity index (χ0v) is 10.4. The third kappa shape index (κ3) is 2.71. The molecule has 5 heteroatoms. The maximum atomic E-state index is 13.8. The normalized spacial score (nSPS) is 10.2. The summed E-state index contributed by atoms with van der Waals surface area (Å²) in [5, 5.41) is 0. The van der Waals surface area contributed by atoms with Crippen molar-refractivity contribution in [2.45, 2.75) is 5.88 Å². The average molecular weight is 268 g/mol. The van der Waals surface area contributed by atoms with Crippen molar-refractivity contribution in [1.29, 1.82) is 0 Å². The van der Waals surface area contributed by atoms with Gasteiger partial charge >= 0.3 is 0 Å². The minimum Gasteiger partial charge on any atom is -0.497 e. The van der Waals surface area contributed by atoms with Crippen molar-refractivity contribution in [2.24, 2.45) is 0 Å². The molecule has 1 aromatic carbocycles. The monoisotopic (exact) mass is 267 g/mol. The fraction of sp³-hybridized carbons (Fsp3) is 0.154. The first kappa shape index (κ1) is 12.6. The van der Waals surface area contributed by atoms with Gasteiger partial charge in [-0.2, -0.15) is 0 Å². The highest BCUT2D eigenvalue weighted by Crippen LogP contribution is 2.26. The Morgan fingerprint density at radius 3 is 2.44 bits per heavy atom. The quantitative estimate of drug-likeness (QED) is 0.791. The van der Waals surface area contributed by atoms with E-state index in [0.29, 0.717) is 17.1 Å². The standard InChI is InChI=1S/C13H11ClFNO2/c1-17-10-2-4-11(5-3-10)18-13-12(15)9(8-14)6-7-16-13/h2-7H,8H2,1H3. The van der Waals surface area contributed by atoms with Gasteiger partial charge in [-0.1, -0.05) is 0 Å². The van der Waals surface area contributed by atoms with Crippen LogP contribution in [0.4, 0.5) is 4.39 Å². The predicted molar refractivity (Wildman–Crippen MR) is 66.8 cm³/mol. The molecular formula is C13H11ClFNO2. The van der Waals surface area contributed by atoms with Crippen LogP contribution in [0.25, 0.3) is 0 Å². The van der Waals surface area contributed by atoms with Gasteiger partial charge in [-0.3, -0.25) is 0 Å². The van der Waals surface area contributed by atoms with Gasteiger partial charge in [-0.15, -0.1) is 11.6 Å². The molecule has 0 unspecified atom stereocenters. The molecule has 0 fully saturated rings. The maximum Gasteiger partial charge on any atom is 0.256 e. The van der Waals surface area contributed by atoms with Gasteiger partial charge in [0.15, 0.2) is 5.82 Å². The van der Waals surface area contributed by atoms with Gasteiger partial charge in [-0.25, -0.2) is 9.37 Å². The van der Waals surface area contributed by atoms with Crippen LogP contribution in [0.1, 0.15) is 5.56 Å². The number of pyridine rings is 1. The first-order valence-corrected chi connectivity index (χ1v) is 5.79. The summed E-state index contributed by atoms with van der Waals surface area (Å²) in [6.45, 7) is 0. The molecule has 0 aliphatic carbocycles. The lowest BCUT2D eigenvalue weighted by Crippen LogP contribution is -1.95. The number of benzene rings is 1. The second kappa shape index (κ2) is 5.69. The Balaban J connectivity index is 2.22. The molecule has 1 aromatic heterocycles. The van der Waals surface area contributed by atoms with E-state index in [-0.39, 0.29) is 11.8 Å². The van der Waals surface area contributed by atoms with Crippen molar-refractivity contribution in [1.82, 2.24) is 4.98 Å². The van der Waals surface area contributed by atoms with Gasteiger partial charge in [0.2, 0.25) is 0 Å². The van der Waals surface area contributed by atoms with Crippen LogP contribution in [0.2, 0.25) is 0 Å². The Labute approximate surface area is 109 Å². The number of nitrogens with zero attached hydrogens (tertiary/aromatic N) is 1. The van der Waals surface area contributed by atoms with E-state index in [1.54, 1.807) is 31.4 Å². The number of aromatic nitrogens is 1. The Hall–Kier alpha value is -1.81. The number of hydrogen-bond acceptors (Lipinski definition) is 3. The molecule has 2 rings (SSSR count). The Bertz CT molecular complexity index is 531. The lowest BCUT2D eigenvalue weighted by atomic mass is 10.3. The minimum absolute atomic E-state index is 0.0767. The summed E-state index contributed by atoms with van der Waals surface area (Å²) in [6.07, 6.45) is 1.46. The SMILES string of the molecule is COc1ccc(Oc2nccc(CCl)c2F)cc1. The summed E-state index contributed by atoms with van der Waals surface area (Å²) >= 11 is 5.61. The number of halogens is 2. The van der Waals surface area contributed by atoms with E-state index in [2.05, 4.69) is 4.98 Å². The van der Waals surface area contributed by atoms with Crippen molar-refractivity contribution in [3.63, 3.8) is 0 Å². The molecule has 0 amide bonds. The first-order valence-electron chi connectivity index (χ1n) is 5.26. The molecule has 0 radical (unpaired) electrons. The molecule has 2 aromatic rings. The van der Waals surface area contributed by atoms with E-state index in [0.717, 1.165) is 0 Å². The maximum absolute atomic E-state index is 13.8. The number of rotatable bonds is 4. The molecule has 1 heterocycles. The van der Waals surface area contributed by atoms with Gasteiger partial charge in [0, 0.05) is 11.8 Å². The highest BCUT2D eigenvalue weighted by molar-refractivity contribution is 6.17. The second-order valence-electron chi connectivity index (χ2n) is 3.50. The van der Waals surface area contributed by atoms with Crippen molar-refractivity contribution >= 4 is 11.6 Å². The summed E-state index contributed by atoms with van der Waals surface area (Å²) in [4.78, 5) is 3.84. The summed E-state index contributed by atoms with van der Waals surface area (Å²) < 4.78 is 24.2. The van der Waals surface area contributed by atoms with Crippen LogP contribution in [0.3, 0.4) is 0 Å². The van der Waals surface area contributed by atoms with Gasteiger partial charge in [0.05, 0.1) is 13.0 Å². The van der Waals surface area contributed by atoms with Crippen LogP contribution in [0.15, 0.2) is 36.5 Å². The molecule has 94 valence electrons. The topological polar surface area (TPSA) is 31.4 Å². The highest BCUT2D eigenvalue weighted by atomic mass is 35.5. The minimum atomic E-state index is -0.539. The van der Waals surface area contributed by atoms with Gasteiger partial charge in [0.25, 0.3) is 5.88 Å². The third-order valence-electron chi connectivity index (χ3n) is 2.36. The molecule has 0 N–H and O–H groups in total. The summed E-state index contributed by atoms with van der Waals surface area (Å²) in [7, 11) is 1.57. The van der Waals surface area contributed by atoms with Gasteiger partial charge < -0.3 is 9.47 Å². The van der Waals surface area contributed by atoms with Crippen LogP contribution < -0.4 is 9.47 Å². The van der Waals surface area contributed by atoms with E-state index in [1.165, 1.54) is 12.3 Å². The fourth-order valence-electron chi connectivity index (χ4n) is 1.39. The molecule has 0 saturated heterocycles. The lowest BCUT2D eigenvalue weighted by Gasteiger charge is -2.08. The van der Waals surface area contributed by atoms with E-state index in [1.807, 2.05) is 0 Å².